The van der Waals surface area contributed by atoms with Gasteiger partial charge in [0, 0.05) is 19.7 Å². The van der Waals surface area contributed by atoms with Crippen molar-refractivity contribution in [1.29, 1.82) is 0 Å². The van der Waals surface area contributed by atoms with E-state index in [0.29, 0.717) is 6.61 Å². The van der Waals surface area contributed by atoms with E-state index in [9.17, 15) is 0 Å². The normalized spacial score (nSPS) is 9.87. The predicted molar refractivity (Wildman–Crippen MR) is 98.4 cm³/mol. The number of aryl methyl sites for hydroxylation is 2. The van der Waals surface area contributed by atoms with Crippen LogP contribution in [0.25, 0.3) is 11.1 Å². The molecule has 2 rings (SSSR count). The Hall–Kier alpha value is -2.10. The van der Waals surface area contributed by atoms with Crippen molar-refractivity contribution in [3.05, 3.63) is 35.8 Å². The van der Waals surface area contributed by atoms with Crippen LogP contribution in [0.2, 0.25) is 0 Å². The molecule has 0 bridgehead atoms. The summed E-state index contributed by atoms with van der Waals surface area (Å²) in [5.41, 5.74) is 4.38. The minimum atomic E-state index is 0.676. The lowest BCUT2D eigenvalue weighted by molar-refractivity contribution is 0.340. The van der Waals surface area contributed by atoms with Crippen LogP contribution < -0.4 is 9.64 Å². The Bertz CT molecular complexity index is 624. The molecule has 0 aliphatic heterocycles. The predicted octanol–water partition coefficient (Wildman–Crippen LogP) is 4.64. The fourth-order valence-corrected chi connectivity index (χ4v) is 2.29. The molecule has 23 heavy (non-hydrogen) atoms. The summed E-state index contributed by atoms with van der Waals surface area (Å²) in [7, 11) is 3.99. The minimum absolute atomic E-state index is 0.676. The maximum Gasteiger partial charge on any atom is 0.139 e. The highest BCUT2D eigenvalue weighted by Crippen LogP contribution is 2.33. The smallest absolute Gasteiger partial charge is 0.139 e. The summed E-state index contributed by atoms with van der Waals surface area (Å²) in [6, 6.07) is 6.14. The molecule has 0 radical (unpaired) electrons. The zero-order chi connectivity index (χ0) is 17.4. The second kappa shape index (κ2) is 9.13. The Kier molecular flexibility index (Phi) is 7.52. The molecular formula is C19H29N3O. The molecule has 2 aromatic rings. The van der Waals surface area contributed by atoms with Crippen LogP contribution in [0.5, 0.6) is 5.75 Å². The number of benzene rings is 1. The van der Waals surface area contributed by atoms with Gasteiger partial charge >= 0.3 is 0 Å². The Balaban J connectivity index is 0.000000816. The van der Waals surface area contributed by atoms with Gasteiger partial charge in [0.1, 0.15) is 17.9 Å². The summed E-state index contributed by atoms with van der Waals surface area (Å²) in [6.07, 6.45) is 2.86. The molecule has 0 aliphatic carbocycles. The SMILES string of the molecule is CCC.CCOc1ccc(-c2c(C)ncnc2N(C)C)c(C)c1. The van der Waals surface area contributed by atoms with Crippen molar-refractivity contribution in [2.75, 3.05) is 25.6 Å². The Morgan fingerprint density at radius 3 is 2.22 bits per heavy atom. The lowest BCUT2D eigenvalue weighted by atomic mass is 9.99. The van der Waals surface area contributed by atoms with Crippen molar-refractivity contribution >= 4 is 5.82 Å². The van der Waals surface area contributed by atoms with Crippen LogP contribution >= 0.6 is 0 Å². The van der Waals surface area contributed by atoms with Crippen molar-refractivity contribution in [3.63, 3.8) is 0 Å². The first-order valence-corrected chi connectivity index (χ1v) is 8.18. The number of aromatic nitrogens is 2. The molecule has 4 nitrogen and oxygen atoms in total. The van der Waals surface area contributed by atoms with Gasteiger partial charge in [0.05, 0.1) is 12.3 Å². The number of nitrogens with zero attached hydrogens (tertiary/aromatic N) is 3. The van der Waals surface area contributed by atoms with Crippen molar-refractivity contribution in [1.82, 2.24) is 9.97 Å². The van der Waals surface area contributed by atoms with E-state index in [2.05, 4.69) is 42.9 Å². The van der Waals surface area contributed by atoms with Gasteiger partial charge in [-0.25, -0.2) is 9.97 Å². The Labute approximate surface area is 140 Å². The van der Waals surface area contributed by atoms with Crippen LogP contribution in [-0.4, -0.2) is 30.7 Å². The van der Waals surface area contributed by atoms with Crippen LogP contribution in [0.15, 0.2) is 24.5 Å². The average molecular weight is 315 g/mol. The minimum Gasteiger partial charge on any atom is -0.494 e. The summed E-state index contributed by atoms with van der Waals surface area (Å²) in [4.78, 5) is 10.7. The number of hydrogen-bond acceptors (Lipinski definition) is 4. The molecule has 0 spiro atoms. The molecule has 0 fully saturated rings. The number of anilines is 1. The highest BCUT2D eigenvalue weighted by atomic mass is 16.5. The van der Waals surface area contributed by atoms with E-state index in [1.807, 2.05) is 38.9 Å². The Morgan fingerprint density at radius 1 is 1.04 bits per heavy atom. The summed E-state index contributed by atoms with van der Waals surface area (Å²) in [5, 5.41) is 0. The third-order valence-electron chi connectivity index (χ3n) is 3.22. The van der Waals surface area contributed by atoms with Crippen LogP contribution in [0.1, 0.15) is 38.4 Å². The molecule has 1 heterocycles. The van der Waals surface area contributed by atoms with E-state index < -0.39 is 0 Å². The zero-order valence-corrected chi connectivity index (χ0v) is 15.5. The molecule has 0 amide bonds. The molecule has 0 unspecified atom stereocenters. The van der Waals surface area contributed by atoms with E-state index in [4.69, 9.17) is 4.74 Å². The number of ether oxygens (including phenoxy) is 1. The van der Waals surface area contributed by atoms with Gasteiger partial charge in [-0.2, -0.15) is 0 Å². The van der Waals surface area contributed by atoms with E-state index in [1.165, 1.54) is 6.42 Å². The maximum atomic E-state index is 5.54. The maximum absolute atomic E-state index is 5.54. The van der Waals surface area contributed by atoms with Gasteiger partial charge < -0.3 is 9.64 Å². The lowest BCUT2D eigenvalue weighted by Gasteiger charge is -2.19. The summed E-state index contributed by atoms with van der Waals surface area (Å²) >= 11 is 0. The van der Waals surface area contributed by atoms with Gasteiger partial charge in [-0.15, -0.1) is 0 Å². The van der Waals surface area contributed by atoms with Gasteiger partial charge in [0.25, 0.3) is 0 Å². The number of hydrogen-bond donors (Lipinski definition) is 0. The highest BCUT2D eigenvalue weighted by Gasteiger charge is 2.14. The van der Waals surface area contributed by atoms with Gasteiger partial charge in [-0.3, -0.25) is 0 Å². The van der Waals surface area contributed by atoms with Crippen LogP contribution in [0.4, 0.5) is 5.82 Å². The fourth-order valence-electron chi connectivity index (χ4n) is 2.29. The first-order chi connectivity index (χ1) is 11.0. The summed E-state index contributed by atoms with van der Waals surface area (Å²) in [6.45, 7) is 11.0. The average Bonchev–Trinajstić information content (AvgIpc) is 2.49. The first kappa shape index (κ1) is 18.9. The van der Waals surface area contributed by atoms with Gasteiger partial charge in [0.2, 0.25) is 0 Å². The first-order valence-electron chi connectivity index (χ1n) is 8.18. The van der Waals surface area contributed by atoms with E-state index in [-0.39, 0.29) is 0 Å². The molecule has 0 saturated heterocycles. The van der Waals surface area contributed by atoms with E-state index in [1.54, 1.807) is 6.33 Å². The third kappa shape index (κ3) is 4.95. The van der Waals surface area contributed by atoms with Crippen LogP contribution in [0, 0.1) is 13.8 Å². The highest BCUT2D eigenvalue weighted by molar-refractivity contribution is 5.80. The largest absolute Gasteiger partial charge is 0.494 e. The lowest BCUT2D eigenvalue weighted by Crippen LogP contribution is -2.13. The van der Waals surface area contributed by atoms with E-state index >= 15 is 0 Å². The van der Waals surface area contributed by atoms with Crippen molar-refractivity contribution in [3.8, 4) is 16.9 Å². The molecule has 0 aliphatic rings. The van der Waals surface area contributed by atoms with Gasteiger partial charge in [0.15, 0.2) is 0 Å². The van der Waals surface area contributed by atoms with E-state index in [0.717, 1.165) is 34.0 Å². The quantitative estimate of drug-likeness (QED) is 0.823. The molecule has 0 N–H and O–H groups in total. The summed E-state index contributed by atoms with van der Waals surface area (Å²) < 4.78 is 5.54. The third-order valence-corrected chi connectivity index (χ3v) is 3.22. The molecule has 0 saturated carbocycles. The van der Waals surface area contributed by atoms with Crippen LogP contribution in [-0.2, 0) is 0 Å². The monoisotopic (exact) mass is 315 g/mol. The van der Waals surface area contributed by atoms with Gasteiger partial charge in [-0.1, -0.05) is 26.3 Å². The van der Waals surface area contributed by atoms with Gasteiger partial charge in [-0.05, 0) is 44.0 Å². The van der Waals surface area contributed by atoms with Crippen molar-refractivity contribution < 1.29 is 4.74 Å². The molecule has 0 atom stereocenters. The molecule has 4 heteroatoms. The molecule has 1 aromatic carbocycles. The second-order valence-electron chi connectivity index (χ2n) is 5.67. The second-order valence-corrected chi connectivity index (χ2v) is 5.67. The summed E-state index contributed by atoms with van der Waals surface area (Å²) in [5.74, 6) is 1.83. The van der Waals surface area contributed by atoms with Crippen LogP contribution in [0.3, 0.4) is 0 Å². The van der Waals surface area contributed by atoms with Crippen molar-refractivity contribution in [2.24, 2.45) is 0 Å². The topological polar surface area (TPSA) is 38.3 Å². The Morgan fingerprint density at radius 2 is 1.70 bits per heavy atom. The molecule has 126 valence electrons. The molecular weight excluding hydrogens is 286 g/mol. The molecule has 1 aromatic heterocycles. The number of rotatable bonds is 4. The fraction of sp³-hybridized carbons (Fsp3) is 0.474. The standard InChI is InChI=1S/C16H21N3O.C3H8/c1-6-20-13-7-8-14(11(2)9-13)15-12(3)17-10-18-16(15)19(4)5;1-3-2/h7-10H,6H2,1-5H3;3H2,1-2H3. The zero-order valence-electron chi connectivity index (χ0n) is 15.5. The van der Waals surface area contributed by atoms with Crippen molar-refractivity contribution in [2.45, 2.75) is 41.0 Å².